The Morgan fingerprint density at radius 3 is 2.47 bits per heavy atom. The first-order valence-electron chi connectivity index (χ1n) is 6.16. The Bertz CT molecular complexity index is 565. The van der Waals surface area contributed by atoms with Crippen molar-refractivity contribution in [3.8, 4) is 5.69 Å². The van der Waals surface area contributed by atoms with Gasteiger partial charge in [0.25, 0.3) is 5.91 Å². The number of likely N-dealkylation sites (tertiary alicyclic amines) is 1. The molecule has 0 aliphatic carbocycles. The molecule has 0 saturated carbocycles. The standard InChI is InChI=1S/C13H14N4O2/c18-12-5-6-16(7-12)13(19)10-1-3-11(4-2-10)17-8-14-15-9-17/h1-4,8-9,12,18H,5-7H2/t12-/m1/s1. The maximum atomic E-state index is 12.2. The van der Waals surface area contributed by atoms with Crippen LogP contribution in [0.3, 0.4) is 0 Å². The summed E-state index contributed by atoms with van der Waals surface area (Å²) in [6, 6.07) is 7.26. The van der Waals surface area contributed by atoms with Crippen molar-refractivity contribution >= 4 is 5.91 Å². The van der Waals surface area contributed by atoms with Gasteiger partial charge in [0.1, 0.15) is 12.7 Å². The van der Waals surface area contributed by atoms with E-state index in [0.29, 0.717) is 25.1 Å². The number of carbonyl (C=O) groups excluding carboxylic acids is 1. The van der Waals surface area contributed by atoms with Gasteiger partial charge in [-0.25, -0.2) is 0 Å². The molecule has 2 aromatic rings. The zero-order chi connectivity index (χ0) is 13.2. The fourth-order valence-electron chi connectivity index (χ4n) is 2.22. The van der Waals surface area contributed by atoms with E-state index in [4.69, 9.17) is 0 Å². The first kappa shape index (κ1) is 11.9. The molecule has 98 valence electrons. The highest BCUT2D eigenvalue weighted by atomic mass is 16.3. The summed E-state index contributed by atoms with van der Waals surface area (Å²) in [6.07, 6.45) is 3.48. The van der Waals surface area contributed by atoms with E-state index >= 15 is 0 Å². The molecule has 0 bridgehead atoms. The smallest absolute Gasteiger partial charge is 0.253 e. The molecule has 1 amide bonds. The average Bonchev–Trinajstić information content (AvgIpc) is 3.09. The fourth-order valence-corrected chi connectivity index (χ4v) is 2.22. The third kappa shape index (κ3) is 2.34. The molecular weight excluding hydrogens is 244 g/mol. The molecule has 2 heterocycles. The van der Waals surface area contributed by atoms with E-state index in [1.807, 2.05) is 12.1 Å². The zero-order valence-electron chi connectivity index (χ0n) is 10.3. The summed E-state index contributed by atoms with van der Waals surface area (Å²) >= 11 is 0. The summed E-state index contributed by atoms with van der Waals surface area (Å²) in [5.41, 5.74) is 1.54. The number of nitrogens with zero attached hydrogens (tertiary/aromatic N) is 4. The van der Waals surface area contributed by atoms with E-state index < -0.39 is 0 Å². The lowest BCUT2D eigenvalue weighted by Gasteiger charge is -2.15. The number of hydrogen-bond donors (Lipinski definition) is 1. The van der Waals surface area contributed by atoms with Crippen molar-refractivity contribution in [2.24, 2.45) is 0 Å². The molecule has 0 spiro atoms. The van der Waals surface area contributed by atoms with Gasteiger partial charge in [-0.2, -0.15) is 0 Å². The zero-order valence-corrected chi connectivity index (χ0v) is 10.3. The molecule has 6 heteroatoms. The van der Waals surface area contributed by atoms with Crippen molar-refractivity contribution in [1.29, 1.82) is 0 Å². The summed E-state index contributed by atoms with van der Waals surface area (Å²) in [7, 11) is 0. The van der Waals surface area contributed by atoms with Crippen LogP contribution in [0.25, 0.3) is 5.69 Å². The number of aromatic nitrogens is 3. The molecule has 19 heavy (non-hydrogen) atoms. The van der Waals surface area contributed by atoms with Gasteiger partial charge in [0, 0.05) is 24.3 Å². The first-order valence-corrected chi connectivity index (χ1v) is 6.16. The van der Waals surface area contributed by atoms with Gasteiger partial charge in [0.05, 0.1) is 6.10 Å². The Morgan fingerprint density at radius 1 is 1.21 bits per heavy atom. The molecule has 1 aliphatic heterocycles. The number of carbonyl (C=O) groups is 1. The molecule has 1 aromatic heterocycles. The van der Waals surface area contributed by atoms with Crippen LogP contribution in [0.15, 0.2) is 36.9 Å². The monoisotopic (exact) mass is 258 g/mol. The molecule has 6 nitrogen and oxygen atoms in total. The van der Waals surface area contributed by atoms with Crippen molar-refractivity contribution in [2.75, 3.05) is 13.1 Å². The lowest BCUT2D eigenvalue weighted by molar-refractivity contribution is 0.0765. The predicted octanol–water partition coefficient (Wildman–Crippen LogP) is 0.474. The second kappa shape index (κ2) is 4.81. The maximum Gasteiger partial charge on any atom is 0.253 e. The molecule has 1 saturated heterocycles. The fraction of sp³-hybridized carbons (Fsp3) is 0.308. The molecule has 3 rings (SSSR count). The minimum absolute atomic E-state index is 0.0353. The molecule has 0 radical (unpaired) electrons. The Balaban J connectivity index is 1.77. The van der Waals surface area contributed by atoms with Crippen molar-refractivity contribution in [1.82, 2.24) is 19.7 Å². The first-order chi connectivity index (χ1) is 9.24. The Hall–Kier alpha value is -2.21. The van der Waals surface area contributed by atoms with Crippen LogP contribution in [-0.2, 0) is 0 Å². The lowest BCUT2D eigenvalue weighted by atomic mass is 10.2. The van der Waals surface area contributed by atoms with Gasteiger partial charge in [0.2, 0.25) is 0 Å². The highest BCUT2D eigenvalue weighted by Gasteiger charge is 2.25. The second-order valence-electron chi connectivity index (χ2n) is 4.61. The van der Waals surface area contributed by atoms with E-state index in [0.717, 1.165) is 5.69 Å². The number of aliphatic hydroxyl groups is 1. The van der Waals surface area contributed by atoms with Crippen LogP contribution < -0.4 is 0 Å². The summed E-state index contributed by atoms with van der Waals surface area (Å²) in [5.74, 6) is -0.0353. The minimum atomic E-state index is -0.389. The van der Waals surface area contributed by atoms with Crippen molar-refractivity contribution in [3.05, 3.63) is 42.5 Å². The van der Waals surface area contributed by atoms with Crippen LogP contribution in [0.1, 0.15) is 16.8 Å². The third-order valence-corrected chi connectivity index (χ3v) is 3.28. The van der Waals surface area contributed by atoms with Crippen LogP contribution in [0.2, 0.25) is 0 Å². The van der Waals surface area contributed by atoms with Crippen LogP contribution in [0, 0.1) is 0 Å². The van der Waals surface area contributed by atoms with Crippen molar-refractivity contribution < 1.29 is 9.90 Å². The maximum absolute atomic E-state index is 12.2. The number of benzene rings is 1. The summed E-state index contributed by atoms with van der Waals surface area (Å²) < 4.78 is 1.77. The molecule has 1 atom stereocenters. The van der Waals surface area contributed by atoms with Crippen molar-refractivity contribution in [2.45, 2.75) is 12.5 Å². The summed E-state index contributed by atoms with van der Waals surface area (Å²) in [4.78, 5) is 13.9. The van der Waals surface area contributed by atoms with Crippen LogP contribution in [0.4, 0.5) is 0 Å². The topological polar surface area (TPSA) is 71.2 Å². The lowest BCUT2D eigenvalue weighted by Crippen LogP contribution is -2.29. The largest absolute Gasteiger partial charge is 0.391 e. The second-order valence-corrected chi connectivity index (χ2v) is 4.61. The van der Waals surface area contributed by atoms with Crippen LogP contribution in [0.5, 0.6) is 0 Å². The van der Waals surface area contributed by atoms with E-state index in [-0.39, 0.29) is 12.0 Å². The third-order valence-electron chi connectivity index (χ3n) is 3.28. The number of β-amino-alcohol motifs (C(OH)–C–C–N with tert-alkyl or cyclic N) is 1. The quantitative estimate of drug-likeness (QED) is 0.850. The summed E-state index contributed by atoms with van der Waals surface area (Å²) in [5, 5.41) is 16.9. The Kier molecular flexibility index (Phi) is 3.00. The average molecular weight is 258 g/mol. The van der Waals surface area contributed by atoms with Gasteiger partial charge < -0.3 is 10.0 Å². The van der Waals surface area contributed by atoms with E-state index in [1.165, 1.54) is 0 Å². The van der Waals surface area contributed by atoms with Gasteiger partial charge >= 0.3 is 0 Å². The van der Waals surface area contributed by atoms with Gasteiger partial charge in [-0.3, -0.25) is 9.36 Å². The van der Waals surface area contributed by atoms with Crippen LogP contribution in [-0.4, -0.2) is 49.9 Å². The SMILES string of the molecule is O=C(c1ccc(-n2cnnc2)cc1)N1CC[C@@H](O)C1. The van der Waals surface area contributed by atoms with Gasteiger partial charge in [0.15, 0.2) is 0 Å². The van der Waals surface area contributed by atoms with Gasteiger partial charge in [-0.15, -0.1) is 10.2 Å². The number of aliphatic hydroxyl groups excluding tert-OH is 1. The number of hydrogen-bond acceptors (Lipinski definition) is 4. The summed E-state index contributed by atoms with van der Waals surface area (Å²) in [6.45, 7) is 1.04. The minimum Gasteiger partial charge on any atom is -0.391 e. The van der Waals surface area contributed by atoms with E-state index in [2.05, 4.69) is 10.2 Å². The van der Waals surface area contributed by atoms with Gasteiger partial charge in [-0.1, -0.05) is 0 Å². The van der Waals surface area contributed by atoms with Gasteiger partial charge in [-0.05, 0) is 30.7 Å². The molecule has 1 fully saturated rings. The van der Waals surface area contributed by atoms with E-state index in [1.54, 1.807) is 34.3 Å². The molecular formula is C13H14N4O2. The highest BCUT2D eigenvalue weighted by Crippen LogP contribution is 2.15. The predicted molar refractivity (Wildman–Crippen MR) is 67.9 cm³/mol. The molecule has 1 aromatic carbocycles. The normalized spacial score (nSPS) is 18.8. The van der Waals surface area contributed by atoms with Crippen molar-refractivity contribution in [3.63, 3.8) is 0 Å². The number of amides is 1. The Morgan fingerprint density at radius 2 is 1.89 bits per heavy atom. The van der Waals surface area contributed by atoms with E-state index in [9.17, 15) is 9.90 Å². The number of rotatable bonds is 2. The molecule has 1 aliphatic rings. The molecule has 1 N–H and O–H groups in total. The van der Waals surface area contributed by atoms with Crippen LogP contribution >= 0.6 is 0 Å². The molecule has 0 unspecified atom stereocenters. The Labute approximate surface area is 110 Å². The highest BCUT2D eigenvalue weighted by molar-refractivity contribution is 5.94.